The van der Waals surface area contributed by atoms with Gasteiger partial charge in [0, 0.05) is 11.3 Å². The number of hydrogen-bond acceptors (Lipinski definition) is 3. The zero-order chi connectivity index (χ0) is 11.5. The molecule has 1 aromatic carbocycles. The molecule has 0 atom stereocenters. The summed E-state index contributed by atoms with van der Waals surface area (Å²) >= 11 is 5.37. The second kappa shape index (κ2) is 4.40. The molecule has 0 saturated heterocycles. The van der Waals surface area contributed by atoms with E-state index in [0.29, 0.717) is 11.4 Å². The molecule has 2 N–H and O–H groups in total. The Balaban J connectivity index is 2.19. The number of carbonyl (C=O) groups excluding carboxylic acids is 2. The number of hydrogen-bond donors (Lipinski definition) is 2. The van der Waals surface area contributed by atoms with Gasteiger partial charge in [-0.25, -0.2) is 4.79 Å². The molecule has 2 amide bonds. The van der Waals surface area contributed by atoms with E-state index in [9.17, 15) is 9.59 Å². The van der Waals surface area contributed by atoms with Crippen molar-refractivity contribution in [3.63, 3.8) is 0 Å². The van der Waals surface area contributed by atoms with Crippen LogP contribution in [0.25, 0.3) is 0 Å². The first-order valence-corrected chi connectivity index (χ1v) is 5.15. The molecule has 0 fully saturated rings. The number of nitrogens with one attached hydrogen (secondary N) is 2. The molecule has 2 rings (SSSR count). The van der Waals surface area contributed by atoms with Crippen molar-refractivity contribution in [3.8, 4) is 0 Å². The van der Waals surface area contributed by atoms with Crippen molar-refractivity contribution in [3.05, 3.63) is 23.8 Å². The molecule has 16 heavy (non-hydrogen) atoms. The summed E-state index contributed by atoms with van der Waals surface area (Å²) in [7, 11) is 0. The van der Waals surface area contributed by atoms with Gasteiger partial charge in [-0.1, -0.05) is 0 Å². The van der Waals surface area contributed by atoms with Crippen LogP contribution in [0.3, 0.4) is 0 Å². The molecule has 1 aromatic rings. The van der Waals surface area contributed by atoms with Gasteiger partial charge in [-0.05, 0) is 18.2 Å². The molecule has 0 radical (unpaired) electrons. The fraction of sp³-hybridized carbons (Fsp3) is 0.200. The van der Waals surface area contributed by atoms with Crippen molar-refractivity contribution < 1.29 is 14.3 Å². The van der Waals surface area contributed by atoms with E-state index in [1.807, 2.05) is 0 Å². The Kier molecular flexibility index (Phi) is 2.96. The maximum Gasteiger partial charge on any atom is 0.411 e. The van der Waals surface area contributed by atoms with Gasteiger partial charge in [0.25, 0.3) is 0 Å². The minimum absolute atomic E-state index is 0.0929. The van der Waals surface area contributed by atoms with Gasteiger partial charge in [0.05, 0.1) is 5.69 Å². The maximum atomic E-state index is 11.1. The molecule has 0 unspecified atom stereocenters. The second-order valence-corrected chi connectivity index (χ2v) is 3.52. The van der Waals surface area contributed by atoms with Gasteiger partial charge in [-0.3, -0.25) is 10.1 Å². The highest BCUT2D eigenvalue weighted by Gasteiger charge is 2.15. The first kappa shape index (κ1) is 10.8. The number of amides is 2. The summed E-state index contributed by atoms with van der Waals surface area (Å²) in [5.74, 6) is -0.369. The quantitative estimate of drug-likeness (QED) is 0.776. The number of cyclic esters (lactones) is 1. The molecule has 0 spiro atoms. The average Bonchev–Trinajstić information content (AvgIpc) is 2.29. The van der Waals surface area contributed by atoms with Crippen LogP contribution in [0.2, 0.25) is 0 Å². The Labute approximate surface area is 96.7 Å². The molecular formula is C10H9ClN2O3. The van der Waals surface area contributed by atoms with Crippen LogP contribution in [-0.4, -0.2) is 17.9 Å². The minimum atomic E-state index is -0.468. The van der Waals surface area contributed by atoms with Crippen LogP contribution >= 0.6 is 11.6 Å². The predicted octanol–water partition coefficient (Wildman–Crippen LogP) is 1.93. The van der Waals surface area contributed by atoms with Crippen molar-refractivity contribution in [1.29, 1.82) is 0 Å². The smallest absolute Gasteiger partial charge is 0.411 e. The maximum absolute atomic E-state index is 11.1. The molecule has 84 valence electrons. The molecule has 1 aliphatic heterocycles. The van der Waals surface area contributed by atoms with Crippen molar-refractivity contribution in [2.45, 2.75) is 6.61 Å². The lowest BCUT2D eigenvalue weighted by atomic mass is 10.1. The number of ether oxygens (including phenoxy) is 1. The fourth-order valence-electron chi connectivity index (χ4n) is 1.40. The van der Waals surface area contributed by atoms with E-state index in [-0.39, 0.29) is 18.4 Å². The molecule has 0 saturated carbocycles. The summed E-state index contributed by atoms with van der Waals surface area (Å²) in [4.78, 5) is 22.0. The number of rotatable bonds is 2. The second-order valence-electron chi connectivity index (χ2n) is 3.25. The Morgan fingerprint density at radius 2 is 2.38 bits per heavy atom. The molecule has 1 aliphatic rings. The molecule has 0 aromatic heterocycles. The van der Waals surface area contributed by atoms with Gasteiger partial charge >= 0.3 is 6.09 Å². The Morgan fingerprint density at radius 3 is 3.12 bits per heavy atom. The summed E-state index contributed by atoms with van der Waals surface area (Å²) in [6.45, 7) is 0.200. The summed E-state index contributed by atoms with van der Waals surface area (Å²) in [6, 6.07) is 5.13. The lowest BCUT2D eigenvalue weighted by Gasteiger charge is -2.18. The number of carbonyl (C=O) groups is 2. The zero-order valence-electron chi connectivity index (χ0n) is 8.25. The van der Waals surface area contributed by atoms with Gasteiger partial charge in [0.1, 0.15) is 12.5 Å². The van der Waals surface area contributed by atoms with Crippen LogP contribution in [0.15, 0.2) is 18.2 Å². The van der Waals surface area contributed by atoms with E-state index >= 15 is 0 Å². The predicted molar refractivity (Wildman–Crippen MR) is 59.6 cm³/mol. The molecule has 0 bridgehead atoms. The molecule has 6 heteroatoms. The van der Waals surface area contributed by atoms with Crippen LogP contribution in [-0.2, 0) is 16.1 Å². The summed E-state index contributed by atoms with van der Waals surface area (Å²) in [5.41, 5.74) is 2.14. The summed E-state index contributed by atoms with van der Waals surface area (Å²) < 4.78 is 4.80. The van der Waals surface area contributed by atoms with Gasteiger partial charge in [-0.15, -0.1) is 11.6 Å². The third-order valence-corrected chi connectivity index (χ3v) is 2.35. The molecule has 5 nitrogen and oxygen atoms in total. The van der Waals surface area contributed by atoms with E-state index in [4.69, 9.17) is 16.3 Å². The van der Waals surface area contributed by atoms with E-state index < -0.39 is 6.09 Å². The van der Waals surface area contributed by atoms with Crippen LogP contribution < -0.4 is 10.6 Å². The van der Waals surface area contributed by atoms with E-state index in [1.54, 1.807) is 18.2 Å². The highest BCUT2D eigenvalue weighted by atomic mass is 35.5. The Bertz CT molecular complexity index is 448. The third kappa shape index (κ3) is 2.25. The minimum Gasteiger partial charge on any atom is -0.444 e. The van der Waals surface area contributed by atoms with Crippen LogP contribution in [0.4, 0.5) is 16.2 Å². The number of benzene rings is 1. The number of halogens is 1. The largest absolute Gasteiger partial charge is 0.444 e. The van der Waals surface area contributed by atoms with Crippen LogP contribution in [0.1, 0.15) is 5.56 Å². The number of alkyl halides is 1. The normalized spacial score (nSPS) is 13.4. The fourth-order valence-corrected chi connectivity index (χ4v) is 1.46. The number of fused-ring (bicyclic) bond motifs is 1. The third-order valence-electron chi connectivity index (χ3n) is 2.11. The summed E-state index contributed by atoms with van der Waals surface area (Å²) in [5, 5.41) is 5.17. The summed E-state index contributed by atoms with van der Waals surface area (Å²) in [6.07, 6.45) is -0.468. The molecule has 1 heterocycles. The van der Waals surface area contributed by atoms with Gasteiger partial charge in [0.15, 0.2) is 0 Å². The van der Waals surface area contributed by atoms with Crippen LogP contribution in [0, 0.1) is 0 Å². The monoisotopic (exact) mass is 240 g/mol. The highest BCUT2D eigenvalue weighted by molar-refractivity contribution is 6.29. The van der Waals surface area contributed by atoms with Crippen molar-refractivity contribution in [2.75, 3.05) is 16.5 Å². The first-order valence-electron chi connectivity index (χ1n) is 4.61. The van der Waals surface area contributed by atoms with Crippen LogP contribution in [0.5, 0.6) is 0 Å². The van der Waals surface area contributed by atoms with Gasteiger partial charge in [0.2, 0.25) is 5.91 Å². The van der Waals surface area contributed by atoms with Crippen molar-refractivity contribution in [2.24, 2.45) is 0 Å². The standard InChI is InChI=1S/C10H9ClN2O3/c11-4-9(14)12-7-1-2-8-6(3-7)5-16-10(15)13-8/h1-3H,4-5H2,(H,12,14)(H,13,15). The number of anilines is 2. The average molecular weight is 241 g/mol. The molecular weight excluding hydrogens is 232 g/mol. The highest BCUT2D eigenvalue weighted by Crippen LogP contribution is 2.24. The van der Waals surface area contributed by atoms with Gasteiger partial charge < -0.3 is 10.1 Å². The lowest BCUT2D eigenvalue weighted by molar-refractivity contribution is -0.113. The Morgan fingerprint density at radius 1 is 1.56 bits per heavy atom. The van der Waals surface area contributed by atoms with E-state index in [0.717, 1.165) is 5.56 Å². The first-order chi connectivity index (χ1) is 7.69. The van der Waals surface area contributed by atoms with E-state index in [2.05, 4.69) is 10.6 Å². The Hall–Kier alpha value is -1.75. The van der Waals surface area contributed by atoms with Crippen molar-refractivity contribution >= 4 is 35.0 Å². The topological polar surface area (TPSA) is 67.4 Å². The zero-order valence-corrected chi connectivity index (χ0v) is 9.00. The van der Waals surface area contributed by atoms with Gasteiger partial charge in [-0.2, -0.15) is 0 Å². The lowest BCUT2D eigenvalue weighted by Crippen LogP contribution is -2.20. The SMILES string of the molecule is O=C(CCl)Nc1ccc2c(c1)COC(=O)N2. The van der Waals surface area contributed by atoms with E-state index in [1.165, 1.54) is 0 Å². The van der Waals surface area contributed by atoms with Crippen molar-refractivity contribution in [1.82, 2.24) is 0 Å². The molecule has 0 aliphatic carbocycles.